The second-order valence-electron chi connectivity index (χ2n) is 5.19. The maximum absolute atomic E-state index is 9.75. The molecular formula is C14H27O6-. The molecule has 1 fully saturated rings. The van der Waals surface area contributed by atoms with Gasteiger partial charge in [-0.2, -0.15) is 6.42 Å². The smallest absolute Gasteiger partial charge is 0.186 e. The topological polar surface area (TPSA) is 99.4 Å². The lowest BCUT2D eigenvalue weighted by Gasteiger charge is -2.39. The van der Waals surface area contributed by atoms with Crippen LogP contribution in [0.2, 0.25) is 0 Å². The van der Waals surface area contributed by atoms with Crippen molar-refractivity contribution in [2.75, 3.05) is 13.2 Å². The molecule has 0 unspecified atom stereocenters. The molecule has 0 aliphatic carbocycles. The Balaban J connectivity index is 2.21. The van der Waals surface area contributed by atoms with Gasteiger partial charge in [-0.3, -0.25) is 0 Å². The van der Waals surface area contributed by atoms with Gasteiger partial charge in [-0.25, -0.2) is 0 Å². The number of ether oxygens (including phenoxy) is 2. The van der Waals surface area contributed by atoms with Crippen LogP contribution in [0, 0.1) is 6.92 Å². The molecule has 1 rings (SSSR count). The van der Waals surface area contributed by atoms with Gasteiger partial charge in [0, 0.05) is 6.61 Å². The molecule has 1 heterocycles. The summed E-state index contributed by atoms with van der Waals surface area (Å²) in [4.78, 5) is 0. The molecule has 0 amide bonds. The van der Waals surface area contributed by atoms with Gasteiger partial charge in [0.25, 0.3) is 0 Å². The Kier molecular flexibility index (Phi) is 8.60. The molecule has 120 valence electrons. The average molecular weight is 291 g/mol. The molecule has 20 heavy (non-hydrogen) atoms. The molecular weight excluding hydrogens is 264 g/mol. The van der Waals surface area contributed by atoms with Gasteiger partial charge >= 0.3 is 0 Å². The third kappa shape index (κ3) is 5.27. The van der Waals surface area contributed by atoms with E-state index in [2.05, 4.69) is 6.92 Å². The summed E-state index contributed by atoms with van der Waals surface area (Å²) >= 11 is 0. The zero-order valence-electron chi connectivity index (χ0n) is 11.9. The molecule has 1 aliphatic heterocycles. The summed E-state index contributed by atoms with van der Waals surface area (Å²) in [6, 6.07) is 0. The van der Waals surface area contributed by atoms with Gasteiger partial charge in [0.1, 0.15) is 24.4 Å². The third-order valence-corrected chi connectivity index (χ3v) is 3.52. The Bertz CT molecular complexity index is 248. The molecule has 0 saturated carbocycles. The van der Waals surface area contributed by atoms with Crippen LogP contribution < -0.4 is 0 Å². The summed E-state index contributed by atoms with van der Waals surface area (Å²) in [5.41, 5.74) is 0. The Morgan fingerprint density at radius 2 is 1.55 bits per heavy atom. The molecule has 0 aromatic rings. The van der Waals surface area contributed by atoms with E-state index in [1.54, 1.807) is 0 Å². The van der Waals surface area contributed by atoms with E-state index in [1.807, 2.05) is 0 Å². The van der Waals surface area contributed by atoms with Gasteiger partial charge in [0.05, 0.1) is 6.61 Å². The van der Waals surface area contributed by atoms with Crippen molar-refractivity contribution >= 4 is 0 Å². The predicted octanol–water partition coefficient (Wildman–Crippen LogP) is -0.0224. The fraction of sp³-hybridized carbons (Fsp3) is 0.929. The van der Waals surface area contributed by atoms with E-state index >= 15 is 0 Å². The van der Waals surface area contributed by atoms with E-state index < -0.39 is 37.3 Å². The van der Waals surface area contributed by atoms with Crippen LogP contribution in [-0.4, -0.2) is 64.3 Å². The summed E-state index contributed by atoms with van der Waals surface area (Å²) in [5, 5.41) is 38.0. The first kappa shape index (κ1) is 17.8. The standard InChI is InChI=1S/C14H27O6/c1-2-3-4-5-6-7-8-19-14-13(18)12(17)11(16)10(9-15)20-14/h10-18H,1-9H2/q-1/t10-,11-,12+,13-,14-/m1/s1. The van der Waals surface area contributed by atoms with E-state index in [-0.39, 0.29) is 0 Å². The molecule has 1 saturated heterocycles. The molecule has 6 heteroatoms. The van der Waals surface area contributed by atoms with E-state index in [4.69, 9.17) is 14.6 Å². The van der Waals surface area contributed by atoms with Crippen LogP contribution >= 0.6 is 0 Å². The van der Waals surface area contributed by atoms with Crippen LogP contribution in [0.3, 0.4) is 0 Å². The summed E-state index contributed by atoms with van der Waals surface area (Å²) in [5.74, 6) is 0. The van der Waals surface area contributed by atoms with Crippen molar-refractivity contribution in [2.24, 2.45) is 0 Å². The Morgan fingerprint density at radius 3 is 2.20 bits per heavy atom. The lowest BCUT2D eigenvalue weighted by molar-refractivity contribution is -0.301. The molecule has 0 bridgehead atoms. The van der Waals surface area contributed by atoms with Crippen molar-refractivity contribution < 1.29 is 29.9 Å². The number of aliphatic hydroxyl groups is 4. The van der Waals surface area contributed by atoms with Crippen molar-refractivity contribution in [1.82, 2.24) is 0 Å². The van der Waals surface area contributed by atoms with Crippen molar-refractivity contribution in [3.8, 4) is 0 Å². The van der Waals surface area contributed by atoms with Gasteiger partial charge in [-0.1, -0.05) is 25.7 Å². The van der Waals surface area contributed by atoms with Gasteiger partial charge in [0.15, 0.2) is 6.29 Å². The van der Waals surface area contributed by atoms with Gasteiger partial charge in [-0.05, 0) is 6.42 Å². The first-order valence-corrected chi connectivity index (χ1v) is 7.33. The minimum atomic E-state index is -1.37. The molecule has 6 nitrogen and oxygen atoms in total. The van der Waals surface area contributed by atoms with Crippen LogP contribution in [0.4, 0.5) is 0 Å². The zero-order chi connectivity index (χ0) is 15.0. The fourth-order valence-corrected chi connectivity index (χ4v) is 2.21. The molecule has 1 aliphatic rings. The Labute approximate surface area is 120 Å². The predicted molar refractivity (Wildman–Crippen MR) is 72.8 cm³/mol. The van der Waals surface area contributed by atoms with E-state index in [1.165, 1.54) is 0 Å². The molecule has 0 aromatic carbocycles. The summed E-state index contributed by atoms with van der Waals surface area (Å²) in [6.45, 7) is 3.76. The third-order valence-electron chi connectivity index (χ3n) is 3.52. The molecule has 4 N–H and O–H groups in total. The van der Waals surface area contributed by atoms with E-state index in [0.717, 1.165) is 38.5 Å². The summed E-state index contributed by atoms with van der Waals surface area (Å²) in [7, 11) is 0. The normalized spacial score (nSPS) is 34.4. The maximum atomic E-state index is 9.75. The van der Waals surface area contributed by atoms with E-state index in [9.17, 15) is 15.3 Å². The number of hydrogen-bond acceptors (Lipinski definition) is 6. The van der Waals surface area contributed by atoms with E-state index in [0.29, 0.717) is 6.61 Å². The minimum Gasteiger partial charge on any atom is -0.394 e. The van der Waals surface area contributed by atoms with Crippen molar-refractivity contribution in [3.63, 3.8) is 0 Å². The van der Waals surface area contributed by atoms with Gasteiger partial charge in [0.2, 0.25) is 0 Å². The van der Waals surface area contributed by atoms with Crippen molar-refractivity contribution in [1.29, 1.82) is 0 Å². The monoisotopic (exact) mass is 291 g/mol. The first-order valence-electron chi connectivity index (χ1n) is 7.33. The quantitative estimate of drug-likeness (QED) is 0.352. The fourth-order valence-electron chi connectivity index (χ4n) is 2.21. The highest BCUT2D eigenvalue weighted by Crippen LogP contribution is 2.22. The largest absolute Gasteiger partial charge is 0.394 e. The second-order valence-corrected chi connectivity index (χ2v) is 5.19. The summed E-state index contributed by atoms with van der Waals surface area (Å²) in [6.07, 6.45) is 0.301. The number of unbranched alkanes of at least 4 members (excludes halogenated alkanes) is 5. The Hall–Kier alpha value is -0.240. The van der Waals surface area contributed by atoms with Crippen LogP contribution in [0.5, 0.6) is 0 Å². The van der Waals surface area contributed by atoms with Crippen molar-refractivity contribution in [2.45, 2.75) is 69.2 Å². The number of rotatable bonds is 9. The SMILES string of the molecule is [CH2-]CCCCCCCO[C@@H]1O[C@H](CO)[C@@H](O)[C@H](O)[C@H]1O. The zero-order valence-corrected chi connectivity index (χ0v) is 11.9. The highest BCUT2D eigenvalue weighted by atomic mass is 16.7. The van der Waals surface area contributed by atoms with Gasteiger partial charge < -0.3 is 36.8 Å². The Morgan fingerprint density at radius 1 is 0.900 bits per heavy atom. The molecule has 0 radical (unpaired) electrons. The highest BCUT2D eigenvalue weighted by Gasteiger charge is 2.43. The second kappa shape index (κ2) is 9.65. The first-order chi connectivity index (χ1) is 9.61. The van der Waals surface area contributed by atoms with Crippen LogP contribution in [-0.2, 0) is 9.47 Å². The summed E-state index contributed by atoms with van der Waals surface area (Å²) < 4.78 is 10.6. The van der Waals surface area contributed by atoms with Crippen molar-refractivity contribution in [3.05, 3.63) is 6.92 Å². The average Bonchev–Trinajstić information content (AvgIpc) is 2.46. The minimum absolute atomic E-state index is 0.410. The lowest BCUT2D eigenvalue weighted by atomic mass is 9.99. The number of hydrogen-bond donors (Lipinski definition) is 4. The lowest BCUT2D eigenvalue weighted by Crippen LogP contribution is -2.59. The molecule has 0 aromatic heterocycles. The van der Waals surface area contributed by atoms with Crippen LogP contribution in [0.25, 0.3) is 0 Å². The van der Waals surface area contributed by atoms with Gasteiger partial charge in [-0.15, -0.1) is 0 Å². The molecule has 0 spiro atoms. The number of aliphatic hydroxyl groups excluding tert-OH is 4. The maximum Gasteiger partial charge on any atom is 0.186 e. The van der Waals surface area contributed by atoms with Crippen LogP contribution in [0.1, 0.15) is 38.5 Å². The van der Waals surface area contributed by atoms with Crippen LogP contribution in [0.15, 0.2) is 0 Å². The highest BCUT2D eigenvalue weighted by molar-refractivity contribution is 4.88. The molecule has 5 atom stereocenters.